The summed E-state index contributed by atoms with van der Waals surface area (Å²) in [6.45, 7) is 3.42. The lowest BCUT2D eigenvalue weighted by atomic mass is 10.5. The van der Waals surface area contributed by atoms with Gasteiger partial charge < -0.3 is 30.0 Å². The van der Waals surface area contributed by atoms with Gasteiger partial charge in [-0.1, -0.05) is 0 Å². The monoisotopic (exact) mass is 227 g/mol. The third kappa shape index (κ3) is 20.0. The molecule has 0 aromatic carbocycles. The summed E-state index contributed by atoms with van der Waals surface area (Å²) in [6, 6.07) is 0. The summed E-state index contributed by atoms with van der Waals surface area (Å²) in [5.41, 5.74) is 0. The van der Waals surface area contributed by atoms with Gasteiger partial charge in [0.1, 0.15) is 6.54 Å². The molecule has 0 amide bonds. The molecule has 0 fully saturated rings. The highest BCUT2D eigenvalue weighted by atomic mass is 16.5. The second-order valence-corrected chi connectivity index (χ2v) is 3.96. The topological polar surface area (TPSA) is 100 Å². The molecule has 6 nitrogen and oxygen atoms in total. The van der Waals surface area contributed by atoms with Crippen molar-refractivity contribution in [3.8, 4) is 0 Å². The zero-order chi connectivity index (χ0) is 10.2. The molecule has 0 radical (unpaired) electrons. The predicted octanol–water partition coefficient (Wildman–Crippen LogP) is -1.28. The molecule has 0 spiro atoms. The Hall–Kier alpha value is -0.240. The van der Waals surface area contributed by atoms with Crippen LogP contribution in [0.3, 0.4) is 0 Å². The lowest BCUT2D eigenvalue weighted by molar-refractivity contribution is -0.870. The number of hydrogen-bond acceptors (Lipinski definition) is 4. The molecule has 4 N–H and O–H groups in total. The molecular formula is C9H25NO5. The van der Waals surface area contributed by atoms with Crippen molar-refractivity contribution in [1.29, 1.82) is 0 Å². The van der Waals surface area contributed by atoms with Crippen molar-refractivity contribution in [3.63, 3.8) is 0 Å². The Kier molecular flexibility index (Phi) is 15.9. The Bertz CT molecular complexity index is 116. The quantitative estimate of drug-likeness (QED) is 0.412. The van der Waals surface area contributed by atoms with Gasteiger partial charge in [-0.2, -0.15) is 0 Å². The Morgan fingerprint density at radius 3 is 1.80 bits per heavy atom. The minimum atomic E-state index is 0. The average molecular weight is 227 g/mol. The molecule has 0 aliphatic rings. The van der Waals surface area contributed by atoms with Gasteiger partial charge in [-0.15, -0.1) is 0 Å². The van der Waals surface area contributed by atoms with E-state index in [-0.39, 0.29) is 17.6 Å². The van der Waals surface area contributed by atoms with E-state index in [1.807, 2.05) is 0 Å². The number of quaternary nitrogens is 1. The van der Waals surface area contributed by atoms with Crippen LogP contribution in [0.1, 0.15) is 0 Å². The van der Waals surface area contributed by atoms with Crippen LogP contribution in [0.2, 0.25) is 0 Å². The van der Waals surface area contributed by atoms with E-state index >= 15 is 0 Å². The maximum atomic E-state index is 8.41. The SMILES string of the molecule is C[N+](C)(C)CCOCCOCCO.O.[OH-]. The van der Waals surface area contributed by atoms with Crippen molar-refractivity contribution in [2.75, 3.05) is 60.7 Å². The number of aliphatic hydroxyl groups excluding tert-OH is 1. The first-order valence-corrected chi connectivity index (χ1v) is 4.63. The number of nitrogens with zero attached hydrogens (tertiary/aromatic N) is 1. The molecule has 15 heavy (non-hydrogen) atoms. The van der Waals surface area contributed by atoms with Crippen molar-refractivity contribution >= 4 is 0 Å². The third-order valence-electron chi connectivity index (χ3n) is 1.51. The van der Waals surface area contributed by atoms with Gasteiger partial charge in [-0.05, 0) is 0 Å². The Morgan fingerprint density at radius 1 is 0.933 bits per heavy atom. The van der Waals surface area contributed by atoms with Crippen LogP contribution in [0.25, 0.3) is 0 Å². The Labute approximate surface area is 91.6 Å². The van der Waals surface area contributed by atoms with Crippen LogP contribution >= 0.6 is 0 Å². The van der Waals surface area contributed by atoms with Crippen molar-refractivity contribution in [2.24, 2.45) is 0 Å². The van der Waals surface area contributed by atoms with Crippen molar-refractivity contribution in [2.45, 2.75) is 0 Å². The van der Waals surface area contributed by atoms with Crippen LogP contribution in [-0.2, 0) is 9.47 Å². The summed E-state index contributed by atoms with van der Waals surface area (Å²) in [6.07, 6.45) is 0. The molecule has 6 heteroatoms. The number of rotatable bonds is 8. The molecule has 0 bridgehead atoms. The highest BCUT2D eigenvalue weighted by molar-refractivity contribution is 4.32. The third-order valence-corrected chi connectivity index (χ3v) is 1.51. The maximum Gasteiger partial charge on any atom is 0.102 e. The first kappa shape index (κ1) is 20.2. The molecule has 0 aromatic heterocycles. The van der Waals surface area contributed by atoms with Crippen LogP contribution < -0.4 is 0 Å². The first-order chi connectivity index (χ1) is 6.06. The molecule has 0 saturated carbocycles. The molecule has 0 atom stereocenters. The Morgan fingerprint density at radius 2 is 1.40 bits per heavy atom. The zero-order valence-electron chi connectivity index (χ0n) is 9.90. The summed E-state index contributed by atoms with van der Waals surface area (Å²) in [5.74, 6) is 0. The molecular weight excluding hydrogens is 202 g/mol. The van der Waals surface area contributed by atoms with E-state index in [9.17, 15) is 0 Å². The van der Waals surface area contributed by atoms with Gasteiger partial charge in [0.05, 0.1) is 54.2 Å². The fourth-order valence-corrected chi connectivity index (χ4v) is 0.725. The molecule has 0 aromatic rings. The molecule has 0 unspecified atom stereocenters. The minimum absolute atomic E-state index is 0. The molecule has 0 aliphatic carbocycles. The summed E-state index contributed by atoms with van der Waals surface area (Å²) >= 11 is 0. The van der Waals surface area contributed by atoms with Gasteiger partial charge in [0.25, 0.3) is 0 Å². The molecule has 0 saturated heterocycles. The number of hydrogen-bond donors (Lipinski definition) is 1. The van der Waals surface area contributed by atoms with E-state index in [4.69, 9.17) is 14.6 Å². The van der Waals surface area contributed by atoms with Crippen LogP contribution in [0.4, 0.5) is 0 Å². The Balaban J connectivity index is -0.000000720. The van der Waals surface area contributed by atoms with Gasteiger partial charge >= 0.3 is 0 Å². The smallest absolute Gasteiger partial charge is 0.102 e. The average Bonchev–Trinajstić information content (AvgIpc) is 2.01. The van der Waals surface area contributed by atoms with Crippen molar-refractivity contribution < 1.29 is 30.0 Å². The van der Waals surface area contributed by atoms with E-state index in [1.165, 1.54) is 0 Å². The lowest BCUT2D eigenvalue weighted by Gasteiger charge is -2.23. The number of ether oxygens (including phenoxy) is 2. The second kappa shape index (κ2) is 11.8. The van der Waals surface area contributed by atoms with Gasteiger partial charge in [0.15, 0.2) is 0 Å². The number of aliphatic hydroxyl groups is 1. The van der Waals surface area contributed by atoms with E-state index in [0.29, 0.717) is 19.8 Å². The zero-order valence-corrected chi connectivity index (χ0v) is 9.90. The highest BCUT2D eigenvalue weighted by Crippen LogP contribution is 1.89. The van der Waals surface area contributed by atoms with Gasteiger partial charge in [0.2, 0.25) is 0 Å². The van der Waals surface area contributed by atoms with E-state index in [0.717, 1.165) is 17.6 Å². The van der Waals surface area contributed by atoms with Crippen molar-refractivity contribution in [1.82, 2.24) is 0 Å². The lowest BCUT2D eigenvalue weighted by Crippen LogP contribution is -2.37. The van der Waals surface area contributed by atoms with E-state index in [2.05, 4.69) is 21.1 Å². The summed E-state index contributed by atoms with van der Waals surface area (Å²) in [4.78, 5) is 0. The largest absolute Gasteiger partial charge is 0.870 e. The van der Waals surface area contributed by atoms with E-state index < -0.39 is 0 Å². The first-order valence-electron chi connectivity index (χ1n) is 4.63. The standard InChI is InChI=1S/C9H22NO3.2H2O/c1-10(2,3)4-6-12-8-9-13-7-5-11;;/h11H,4-9H2,1-3H3;2*1H2/q+1;;/p-1. The molecule has 0 rings (SSSR count). The van der Waals surface area contributed by atoms with Gasteiger partial charge in [-0.25, -0.2) is 0 Å². The van der Waals surface area contributed by atoms with Crippen molar-refractivity contribution in [3.05, 3.63) is 0 Å². The maximum absolute atomic E-state index is 8.41. The van der Waals surface area contributed by atoms with Gasteiger partial charge in [0, 0.05) is 0 Å². The second-order valence-electron chi connectivity index (χ2n) is 3.96. The summed E-state index contributed by atoms with van der Waals surface area (Å²) in [7, 11) is 6.39. The fourth-order valence-electron chi connectivity index (χ4n) is 0.725. The van der Waals surface area contributed by atoms with Crippen LogP contribution in [0.5, 0.6) is 0 Å². The predicted molar refractivity (Wildman–Crippen MR) is 57.2 cm³/mol. The highest BCUT2D eigenvalue weighted by Gasteiger charge is 2.05. The van der Waals surface area contributed by atoms with Crippen LogP contribution in [-0.4, -0.2) is 81.3 Å². The minimum Gasteiger partial charge on any atom is -0.870 e. The number of likely N-dealkylation sites (N-methyl/N-ethyl adjacent to an activating group) is 1. The van der Waals surface area contributed by atoms with E-state index in [1.54, 1.807) is 0 Å². The van der Waals surface area contributed by atoms with Crippen LogP contribution in [0, 0.1) is 0 Å². The fraction of sp³-hybridized carbons (Fsp3) is 1.00. The van der Waals surface area contributed by atoms with Crippen LogP contribution in [0.15, 0.2) is 0 Å². The van der Waals surface area contributed by atoms with Gasteiger partial charge in [-0.3, -0.25) is 0 Å². The molecule has 0 heterocycles. The molecule has 0 aliphatic heterocycles. The summed E-state index contributed by atoms with van der Waals surface area (Å²) in [5, 5.41) is 8.41. The molecule has 96 valence electrons. The normalized spacial score (nSPS) is 10.4. The summed E-state index contributed by atoms with van der Waals surface area (Å²) < 4.78 is 11.3.